The highest BCUT2D eigenvalue weighted by molar-refractivity contribution is 6.33. The van der Waals surface area contributed by atoms with Crippen molar-refractivity contribution in [1.82, 2.24) is 25.3 Å². The van der Waals surface area contributed by atoms with Gasteiger partial charge in [-0.05, 0) is 37.1 Å². The van der Waals surface area contributed by atoms with E-state index in [2.05, 4.69) is 32.2 Å². The minimum Gasteiger partial charge on any atom is -0.478 e. The second-order valence-electron chi connectivity index (χ2n) is 8.63. The summed E-state index contributed by atoms with van der Waals surface area (Å²) >= 11 is 6.43. The molecule has 2 aromatic heterocycles. The molecule has 0 unspecified atom stereocenters. The summed E-state index contributed by atoms with van der Waals surface area (Å²) in [5.41, 5.74) is 0.955. The number of amides is 1. The molecule has 0 atom stereocenters. The first-order valence-corrected chi connectivity index (χ1v) is 11.8. The molecule has 0 saturated carbocycles. The van der Waals surface area contributed by atoms with Crippen molar-refractivity contribution in [3.05, 3.63) is 57.6 Å². The molecule has 180 valence electrons. The topological polar surface area (TPSA) is 110 Å². The number of carbonyl (C=O) groups excluding carboxylic acids is 1. The summed E-state index contributed by atoms with van der Waals surface area (Å²) in [5, 5.41) is 3.42. The zero-order valence-electron chi connectivity index (χ0n) is 19.9. The summed E-state index contributed by atoms with van der Waals surface area (Å²) in [6, 6.07) is 8.80. The molecule has 0 fully saturated rings. The van der Waals surface area contributed by atoms with Crippen LogP contribution in [0.2, 0.25) is 5.02 Å². The highest BCUT2D eigenvalue weighted by Gasteiger charge is 2.26. The third kappa shape index (κ3) is 6.41. The van der Waals surface area contributed by atoms with Crippen LogP contribution < -0.4 is 15.7 Å². The number of benzene rings is 1. The molecule has 2 heterocycles. The standard InChI is InChI=1S/C25H30ClN5O3/c1-5-7-12-25(3,4)23(32)28-14-16-8-10-19(26)18(13-16)22-29-21(30-24(33)31-22)17-9-11-20(27-15-17)34-6-2/h8-11,13,15H,5-7,12,14H2,1-4H3,(H,28,32)(H,29,30,31,33). The van der Waals surface area contributed by atoms with E-state index >= 15 is 0 Å². The average Bonchev–Trinajstić information content (AvgIpc) is 2.82. The summed E-state index contributed by atoms with van der Waals surface area (Å²) in [5.74, 6) is 0.984. The van der Waals surface area contributed by atoms with E-state index in [0.29, 0.717) is 35.2 Å². The van der Waals surface area contributed by atoms with E-state index in [0.717, 1.165) is 24.8 Å². The molecule has 0 bridgehead atoms. The van der Waals surface area contributed by atoms with Gasteiger partial charge in [0.15, 0.2) is 5.82 Å². The molecule has 0 spiro atoms. The van der Waals surface area contributed by atoms with E-state index in [1.165, 1.54) is 0 Å². The number of aromatic nitrogens is 4. The minimum absolute atomic E-state index is 0.00169. The lowest BCUT2D eigenvalue weighted by Gasteiger charge is -2.23. The fourth-order valence-corrected chi connectivity index (χ4v) is 3.61. The van der Waals surface area contributed by atoms with Crippen molar-refractivity contribution >= 4 is 17.5 Å². The van der Waals surface area contributed by atoms with Crippen LogP contribution >= 0.6 is 11.6 Å². The summed E-state index contributed by atoms with van der Waals surface area (Å²) in [6.45, 7) is 8.73. The monoisotopic (exact) mass is 483 g/mol. The predicted molar refractivity (Wildman–Crippen MR) is 133 cm³/mol. The average molecular weight is 484 g/mol. The highest BCUT2D eigenvalue weighted by Crippen LogP contribution is 2.28. The number of hydrogen-bond acceptors (Lipinski definition) is 6. The Morgan fingerprint density at radius 3 is 2.65 bits per heavy atom. The minimum atomic E-state index is -0.554. The van der Waals surface area contributed by atoms with E-state index in [9.17, 15) is 9.59 Å². The van der Waals surface area contributed by atoms with Gasteiger partial charge in [-0.15, -0.1) is 0 Å². The number of unbranched alkanes of at least 4 members (excludes halogenated alkanes) is 1. The van der Waals surface area contributed by atoms with E-state index in [1.807, 2.05) is 26.8 Å². The molecule has 0 saturated heterocycles. The van der Waals surface area contributed by atoms with E-state index in [1.54, 1.807) is 30.5 Å². The quantitative estimate of drug-likeness (QED) is 0.429. The maximum absolute atomic E-state index is 12.7. The van der Waals surface area contributed by atoms with Gasteiger partial charge in [0.2, 0.25) is 11.8 Å². The number of halogens is 1. The first kappa shape index (κ1) is 25.4. The third-order valence-corrected chi connectivity index (χ3v) is 5.78. The van der Waals surface area contributed by atoms with Crippen LogP contribution in [0.4, 0.5) is 0 Å². The summed E-state index contributed by atoms with van der Waals surface area (Å²) in [7, 11) is 0. The molecule has 1 aromatic carbocycles. The lowest BCUT2D eigenvalue weighted by Crippen LogP contribution is -2.36. The Labute approximate surface area is 204 Å². The van der Waals surface area contributed by atoms with Gasteiger partial charge < -0.3 is 10.1 Å². The van der Waals surface area contributed by atoms with Crippen LogP contribution in [0.15, 0.2) is 41.3 Å². The molecule has 0 aliphatic carbocycles. The molecule has 2 N–H and O–H groups in total. The van der Waals surface area contributed by atoms with Gasteiger partial charge in [-0.2, -0.15) is 4.98 Å². The number of pyridine rings is 1. The van der Waals surface area contributed by atoms with E-state index < -0.39 is 11.1 Å². The molecule has 0 aliphatic rings. The van der Waals surface area contributed by atoms with Crippen molar-refractivity contribution < 1.29 is 9.53 Å². The van der Waals surface area contributed by atoms with Gasteiger partial charge in [-0.1, -0.05) is 51.3 Å². The fraction of sp³-hybridized carbons (Fsp3) is 0.400. The molecule has 0 radical (unpaired) electrons. The molecule has 8 nitrogen and oxygen atoms in total. The molecule has 3 rings (SSSR count). The van der Waals surface area contributed by atoms with Crippen molar-refractivity contribution in [2.75, 3.05) is 6.61 Å². The van der Waals surface area contributed by atoms with Gasteiger partial charge >= 0.3 is 5.69 Å². The van der Waals surface area contributed by atoms with Crippen LogP contribution in [0, 0.1) is 5.41 Å². The number of hydrogen-bond donors (Lipinski definition) is 2. The molecular formula is C25H30ClN5O3. The Bertz CT molecular complexity index is 1190. The summed E-state index contributed by atoms with van der Waals surface area (Å²) in [4.78, 5) is 40.3. The van der Waals surface area contributed by atoms with E-state index in [4.69, 9.17) is 16.3 Å². The van der Waals surface area contributed by atoms with Gasteiger partial charge in [0, 0.05) is 35.3 Å². The number of aromatic amines is 1. The Balaban J connectivity index is 1.84. The number of rotatable bonds is 10. The number of carbonyl (C=O) groups is 1. The van der Waals surface area contributed by atoms with Crippen LogP contribution in [-0.2, 0) is 11.3 Å². The highest BCUT2D eigenvalue weighted by atomic mass is 35.5. The lowest BCUT2D eigenvalue weighted by atomic mass is 9.86. The van der Waals surface area contributed by atoms with Crippen LogP contribution in [0.5, 0.6) is 5.88 Å². The van der Waals surface area contributed by atoms with Gasteiger partial charge in [0.05, 0.1) is 11.6 Å². The molecule has 0 aliphatic heterocycles. The first-order valence-electron chi connectivity index (χ1n) is 11.4. The first-order chi connectivity index (χ1) is 16.2. The van der Waals surface area contributed by atoms with Crippen LogP contribution in [0.25, 0.3) is 22.8 Å². The smallest absolute Gasteiger partial charge is 0.348 e. The normalized spacial score (nSPS) is 11.3. The van der Waals surface area contributed by atoms with Gasteiger partial charge in [-0.25, -0.2) is 14.8 Å². The zero-order chi connectivity index (χ0) is 24.7. The zero-order valence-corrected chi connectivity index (χ0v) is 20.7. The van der Waals surface area contributed by atoms with Crippen LogP contribution in [-0.4, -0.2) is 32.4 Å². The number of nitrogens with one attached hydrogen (secondary N) is 2. The number of H-pyrrole nitrogens is 1. The van der Waals surface area contributed by atoms with Crippen molar-refractivity contribution in [1.29, 1.82) is 0 Å². The summed E-state index contributed by atoms with van der Waals surface area (Å²) in [6.07, 6.45) is 4.42. The van der Waals surface area contributed by atoms with Crippen molar-refractivity contribution in [3.63, 3.8) is 0 Å². The largest absolute Gasteiger partial charge is 0.478 e. The number of nitrogens with zero attached hydrogens (tertiary/aromatic N) is 3. The van der Waals surface area contributed by atoms with Gasteiger partial charge in [0.25, 0.3) is 0 Å². The Kier molecular flexibility index (Phi) is 8.39. The second-order valence-corrected chi connectivity index (χ2v) is 9.04. The van der Waals surface area contributed by atoms with Crippen molar-refractivity contribution in [2.45, 2.75) is 53.5 Å². The maximum atomic E-state index is 12.7. The predicted octanol–water partition coefficient (Wildman–Crippen LogP) is 4.78. The van der Waals surface area contributed by atoms with Crippen LogP contribution in [0.3, 0.4) is 0 Å². The van der Waals surface area contributed by atoms with Gasteiger partial charge in [-0.3, -0.25) is 9.78 Å². The van der Waals surface area contributed by atoms with Gasteiger partial charge in [0.1, 0.15) is 5.82 Å². The van der Waals surface area contributed by atoms with Crippen LogP contribution in [0.1, 0.15) is 52.5 Å². The van der Waals surface area contributed by atoms with Crippen molar-refractivity contribution in [3.8, 4) is 28.7 Å². The van der Waals surface area contributed by atoms with Crippen molar-refractivity contribution in [2.24, 2.45) is 5.41 Å². The summed E-state index contributed by atoms with van der Waals surface area (Å²) < 4.78 is 5.36. The Hall–Kier alpha value is -3.26. The SMILES string of the molecule is CCCCC(C)(C)C(=O)NCc1ccc(Cl)c(-c2nc(-c3ccc(OCC)nc3)nc(=O)[nH]2)c1. The molecule has 1 amide bonds. The Morgan fingerprint density at radius 1 is 1.18 bits per heavy atom. The van der Waals surface area contributed by atoms with E-state index in [-0.39, 0.29) is 17.6 Å². The Morgan fingerprint density at radius 2 is 1.97 bits per heavy atom. The second kappa shape index (κ2) is 11.2. The third-order valence-electron chi connectivity index (χ3n) is 5.45. The maximum Gasteiger partial charge on any atom is 0.348 e. The fourth-order valence-electron chi connectivity index (χ4n) is 3.40. The molecule has 34 heavy (non-hydrogen) atoms. The molecule has 9 heteroatoms. The lowest BCUT2D eigenvalue weighted by molar-refractivity contribution is -0.129. The molecular weight excluding hydrogens is 454 g/mol. The number of ether oxygens (including phenoxy) is 1. The molecule has 3 aromatic rings.